The normalized spacial score (nSPS) is 11.4. The molecule has 82 valence electrons. The smallest absolute Gasteiger partial charge is 0.177 e. The van der Waals surface area contributed by atoms with Crippen LogP contribution in [0.2, 0.25) is 0 Å². The Labute approximate surface area is 87.8 Å². The van der Waals surface area contributed by atoms with E-state index < -0.39 is 0 Å². The minimum atomic E-state index is 0.0226. The molecule has 0 atom stereocenters. The maximum absolute atomic E-state index is 8.71. The average molecular weight is 210 g/mol. The molecule has 0 saturated heterocycles. The average Bonchev–Trinajstić information content (AvgIpc) is 2.28. The minimum absolute atomic E-state index is 0.0226. The lowest BCUT2D eigenvalue weighted by Gasteiger charge is -2.05. The van der Waals surface area contributed by atoms with E-state index in [9.17, 15) is 0 Å². The van der Waals surface area contributed by atoms with E-state index in [1.807, 2.05) is 12.1 Å². The second-order valence-electron chi connectivity index (χ2n) is 3.00. The molecular formula is C10H14N2O3. The summed E-state index contributed by atoms with van der Waals surface area (Å²) < 4.78 is 5.21. The van der Waals surface area contributed by atoms with Gasteiger partial charge in [0.1, 0.15) is 12.4 Å². The van der Waals surface area contributed by atoms with Crippen molar-refractivity contribution in [2.24, 2.45) is 10.9 Å². The zero-order valence-electron chi connectivity index (χ0n) is 8.26. The first-order chi connectivity index (χ1) is 7.26. The van der Waals surface area contributed by atoms with Crippen LogP contribution in [-0.4, -0.2) is 29.4 Å². The predicted octanol–water partition coefficient (Wildman–Crippen LogP) is 0.347. The molecule has 0 bridgehead atoms. The Balaban J connectivity index is 2.49. The van der Waals surface area contributed by atoms with E-state index in [-0.39, 0.29) is 19.0 Å². The van der Waals surface area contributed by atoms with E-state index in [4.69, 9.17) is 20.8 Å². The molecule has 1 rings (SSSR count). The van der Waals surface area contributed by atoms with Crippen molar-refractivity contribution >= 4 is 5.84 Å². The minimum Gasteiger partial charge on any atom is -0.486 e. The number of aliphatic hydroxyl groups excluding tert-OH is 1. The summed E-state index contributed by atoms with van der Waals surface area (Å²) in [6.07, 6.45) is 0.626. The van der Waals surface area contributed by atoms with Crippen LogP contribution in [0.25, 0.3) is 0 Å². The summed E-state index contributed by atoms with van der Waals surface area (Å²) in [5.74, 6) is 0.665. The largest absolute Gasteiger partial charge is 0.486 e. The molecule has 0 fully saturated rings. The first-order valence-corrected chi connectivity index (χ1v) is 4.55. The van der Waals surface area contributed by atoms with Gasteiger partial charge in [0.2, 0.25) is 0 Å². The lowest BCUT2D eigenvalue weighted by atomic mass is 10.1. The SMILES string of the molecule is N/C(COc1ccc(CCO)cc1)=N/O. The topological polar surface area (TPSA) is 88.1 Å². The van der Waals surface area contributed by atoms with Crippen LogP contribution in [-0.2, 0) is 6.42 Å². The van der Waals surface area contributed by atoms with Gasteiger partial charge in [-0.05, 0) is 24.1 Å². The molecule has 1 aromatic rings. The van der Waals surface area contributed by atoms with Crippen LogP contribution in [0.5, 0.6) is 5.75 Å². The number of rotatable bonds is 5. The monoisotopic (exact) mass is 210 g/mol. The standard InChI is InChI=1S/C10H14N2O3/c11-10(12-14)7-15-9-3-1-8(2-4-9)5-6-13/h1-4,13-14H,5-7H2,(H2,11,12). The van der Waals surface area contributed by atoms with E-state index in [0.29, 0.717) is 12.2 Å². The summed E-state index contributed by atoms with van der Waals surface area (Å²) in [5, 5.41) is 19.8. The van der Waals surface area contributed by atoms with Crippen LogP contribution in [0.1, 0.15) is 5.56 Å². The quantitative estimate of drug-likeness (QED) is 0.283. The highest BCUT2D eigenvalue weighted by Gasteiger charge is 1.97. The number of amidine groups is 1. The molecule has 0 aliphatic carbocycles. The summed E-state index contributed by atoms with van der Waals surface area (Å²) in [4.78, 5) is 0. The lowest BCUT2D eigenvalue weighted by Crippen LogP contribution is -2.20. The van der Waals surface area contributed by atoms with Gasteiger partial charge < -0.3 is 20.8 Å². The fourth-order valence-corrected chi connectivity index (χ4v) is 1.07. The molecule has 0 aromatic heterocycles. The Hall–Kier alpha value is -1.75. The summed E-state index contributed by atoms with van der Waals surface area (Å²) in [6, 6.07) is 7.26. The Morgan fingerprint density at radius 3 is 2.53 bits per heavy atom. The molecule has 0 unspecified atom stereocenters. The third-order valence-electron chi connectivity index (χ3n) is 1.84. The van der Waals surface area contributed by atoms with Gasteiger partial charge in [0.15, 0.2) is 5.84 Å². The summed E-state index contributed by atoms with van der Waals surface area (Å²) in [6.45, 7) is 0.181. The fraction of sp³-hybridized carbons (Fsp3) is 0.300. The van der Waals surface area contributed by atoms with E-state index in [2.05, 4.69) is 5.16 Å². The van der Waals surface area contributed by atoms with Gasteiger partial charge in [0, 0.05) is 6.61 Å². The predicted molar refractivity (Wildman–Crippen MR) is 56.1 cm³/mol. The van der Waals surface area contributed by atoms with Crippen LogP contribution in [0.15, 0.2) is 29.4 Å². The number of ether oxygens (including phenoxy) is 1. The van der Waals surface area contributed by atoms with Crippen molar-refractivity contribution in [3.05, 3.63) is 29.8 Å². The van der Waals surface area contributed by atoms with Crippen LogP contribution < -0.4 is 10.5 Å². The Morgan fingerprint density at radius 1 is 1.33 bits per heavy atom. The van der Waals surface area contributed by atoms with Gasteiger partial charge in [0.25, 0.3) is 0 Å². The van der Waals surface area contributed by atoms with Crippen molar-refractivity contribution in [2.75, 3.05) is 13.2 Å². The maximum atomic E-state index is 8.71. The molecule has 0 aliphatic heterocycles. The number of oxime groups is 1. The van der Waals surface area contributed by atoms with Gasteiger partial charge in [-0.2, -0.15) is 0 Å². The maximum Gasteiger partial charge on any atom is 0.177 e. The Kier molecular flexibility index (Phi) is 4.43. The Morgan fingerprint density at radius 2 is 2.00 bits per heavy atom. The Bertz CT molecular complexity index is 322. The van der Waals surface area contributed by atoms with Gasteiger partial charge in [0.05, 0.1) is 0 Å². The van der Waals surface area contributed by atoms with E-state index in [1.54, 1.807) is 12.1 Å². The van der Waals surface area contributed by atoms with Crippen LogP contribution in [0.3, 0.4) is 0 Å². The number of benzene rings is 1. The number of hydrogen-bond acceptors (Lipinski definition) is 4. The van der Waals surface area contributed by atoms with Crippen molar-refractivity contribution in [3.63, 3.8) is 0 Å². The van der Waals surface area contributed by atoms with Crippen molar-refractivity contribution in [1.82, 2.24) is 0 Å². The van der Waals surface area contributed by atoms with E-state index >= 15 is 0 Å². The van der Waals surface area contributed by atoms with Crippen molar-refractivity contribution in [1.29, 1.82) is 0 Å². The molecule has 15 heavy (non-hydrogen) atoms. The van der Waals surface area contributed by atoms with Crippen molar-refractivity contribution < 1.29 is 15.1 Å². The molecule has 0 radical (unpaired) electrons. The summed E-state index contributed by atoms with van der Waals surface area (Å²) in [5.41, 5.74) is 6.28. The van der Waals surface area contributed by atoms with Gasteiger partial charge in [-0.25, -0.2) is 0 Å². The van der Waals surface area contributed by atoms with Gasteiger partial charge in [-0.15, -0.1) is 0 Å². The number of aliphatic hydroxyl groups is 1. The molecule has 5 nitrogen and oxygen atoms in total. The molecular weight excluding hydrogens is 196 g/mol. The van der Waals surface area contributed by atoms with Crippen molar-refractivity contribution in [2.45, 2.75) is 6.42 Å². The zero-order valence-corrected chi connectivity index (χ0v) is 8.26. The van der Waals surface area contributed by atoms with Crippen LogP contribution in [0.4, 0.5) is 0 Å². The molecule has 0 aliphatic rings. The summed E-state index contributed by atoms with van der Waals surface area (Å²) >= 11 is 0. The molecule has 0 spiro atoms. The van der Waals surface area contributed by atoms with E-state index in [1.165, 1.54) is 0 Å². The number of nitrogens with zero attached hydrogens (tertiary/aromatic N) is 1. The van der Waals surface area contributed by atoms with Crippen LogP contribution in [0, 0.1) is 0 Å². The zero-order chi connectivity index (χ0) is 11.1. The van der Waals surface area contributed by atoms with E-state index in [0.717, 1.165) is 5.56 Å². The molecule has 4 N–H and O–H groups in total. The highest BCUT2D eigenvalue weighted by Crippen LogP contribution is 2.12. The van der Waals surface area contributed by atoms with Crippen LogP contribution >= 0.6 is 0 Å². The number of hydrogen-bond donors (Lipinski definition) is 3. The molecule has 0 heterocycles. The third-order valence-corrected chi connectivity index (χ3v) is 1.84. The third kappa shape index (κ3) is 3.86. The van der Waals surface area contributed by atoms with Crippen molar-refractivity contribution in [3.8, 4) is 5.75 Å². The van der Waals surface area contributed by atoms with Gasteiger partial charge in [-0.1, -0.05) is 17.3 Å². The van der Waals surface area contributed by atoms with Gasteiger partial charge in [-0.3, -0.25) is 0 Å². The highest BCUT2D eigenvalue weighted by atomic mass is 16.5. The fourth-order valence-electron chi connectivity index (χ4n) is 1.07. The highest BCUT2D eigenvalue weighted by molar-refractivity contribution is 5.81. The second kappa shape index (κ2) is 5.87. The molecule has 1 aromatic carbocycles. The second-order valence-corrected chi connectivity index (χ2v) is 3.00. The first kappa shape index (κ1) is 11.3. The lowest BCUT2D eigenvalue weighted by molar-refractivity contribution is 0.299. The number of nitrogens with two attached hydrogens (primary N) is 1. The summed E-state index contributed by atoms with van der Waals surface area (Å²) in [7, 11) is 0. The molecule has 5 heteroatoms. The van der Waals surface area contributed by atoms with Gasteiger partial charge >= 0.3 is 0 Å². The molecule has 0 saturated carbocycles. The first-order valence-electron chi connectivity index (χ1n) is 4.55. The molecule has 0 amide bonds.